The first-order chi connectivity index (χ1) is 11.5. The van der Waals surface area contributed by atoms with Gasteiger partial charge in [0.1, 0.15) is 0 Å². The van der Waals surface area contributed by atoms with Crippen LogP contribution in [0.5, 0.6) is 0 Å². The number of aryl methyl sites for hydroxylation is 3. The van der Waals surface area contributed by atoms with E-state index >= 15 is 0 Å². The summed E-state index contributed by atoms with van der Waals surface area (Å²) >= 11 is 0. The monoisotopic (exact) mass is 347 g/mol. The van der Waals surface area contributed by atoms with Crippen molar-refractivity contribution in [3.63, 3.8) is 0 Å². The summed E-state index contributed by atoms with van der Waals surface area (Å²) in [7, 11) is -2.13. The number of benzene rings is 1. The Kier molecular flexibility index (Phi) is 4.31. The number of hydrogen-bond donors (Lipinski definition) is 0. The second-order valence-electron chi connectivity index (χ2n) is 5.63. The Hall–Kier alpha value is -2.35. The van der Waals surface area contributed by atoms with Crippen molar-refractivity contribution in [1.29, 1.82) is 0 Å². The van der Waals surface area contributed by atoms with E-state index in [0.717, 1.165) is 17.5 Å². The molecule has 24 heavy (non-hydrogen) atoms. The molecule has 3 rings (SSSR count). The number of para-hydroxylation sites is 2. The largest absolute Gasteiger partial charge is 0.339 e. The average Bonchev–Trinajstić information content (AvgIpc) is 3.11. The molecule has 8 heteroatoms. The highest BCUT2D eigenvalue weighted by Crippen LogP contribution is 2.14. The second-order valence-corrected chi connectivity index (χ2v) is 7.18. The van der Waals surface area contributed by atoms with Crippen LogP contribution in [0.1, 0.15) is 20.3 Å². The van der Waals surface area contributed by atoms with Crippen LogP contribution in [0, 0.1) is 0 Å². The molecule has 0 N–H and O–H groups in total. The maximum atomic E-state index is 12.6. The zero-order valence-electron chi connectivity index (χ0n) is 14.0. The van der Waals surface area contributed by atoms with Gasteiger partial charge in [0.2, 0.25) is 5.62 Å². The molecule has 0 spiro atoms. The van der Waals surface area contributed by atoms with Crippen LogP contribution >= 0.6 is 0 Å². The lowest BCUT2D eigenvalue weighted by Crippen LogP contribution is -2.27. The summed E-state index contributed by atoms with van der Waals surface area (Å²) in [4.78, 5) is 3.93. The van der Waals surface area contributed by atoms with Crippen molar-refractivity contribution in [1.82, 2.24) is 18.7 Å². The zero-order chi connectivity index (χ0) is 17.3. The SMILES string of the molecule is CCCn1/c(=N/S(=O)(=O)c2cn(C)cn2)n(CC)c2ccccc21. The molecule has 2 heterocycles. The van der Waals surface area contributed by atoms with Crippen molar-refractivity contribution in [3.05, 3.63) is 42.4 Å². The lowest BCUT2D eigenvalue weighted by Gasteiger charge is -2.03. The minimum Gasteiger partial charge on any atom is -0.339 e. The molecule has 0 amide bonds. The van der Waals surface area contributed by atoms with Gasteiger partial charge < -0.3 is 13.7 Å². The Morgan fingerprint density at radius 3 is 2.33 bits per heavy atom. The highest BCUT2D eigenvalue weighted by atomic mass is 32.2. The number of fused-ring (bicyclic) bond motifs is 1. The molecule has 0 unspecified atom stereocenters. The van der Waals surface area contributed by atoms with Crippen molar-refractivity contribution in [3.8, 4) is 0 Å². The molecular formula is C16H21N5O2S. The van der Waals surface area contributed by atoms with E-state index in [-0.39, 0.29) is 5.03 Å². The van der Waals surface area contributed by atoms with E-state index in [1.165, 1.54) is 12.5 Å². The van der Waals surface area contributed by atoms with E-state index in [9.17, 15) is 8.42 Å². The molecule has 0 fully saturated rings. The second kappa shape index (κ2) is 6.27. The quantitative estimate of drug-likeness (QED) is 0.707. The lowest BCUT2D eigenvalue weighted by atomic mass is 10.3. The number of imidazole rings is 2. The fourth-order valence-electron chi connectivity index (χ4n) is 2.81. The van der Waals surface area contributed by atoms with Gasteiger partial charge in [0, 0.05) is 26.3 Å². The van der Waals surface area contributed by atoms with Crippen LogP contribution < -0.4 is 5.62 Å². The number of sulfonamides is 1. The molecule has 0 bridgehead atoms. The van der Waals surface area contributed by atoms with E-state index < -0.39 is 10.0 Å². The summed E-state index contributed by atoms with van der Waals surface area (Å²) in [6.45, 7) is 5.37. The molecule has 0 radical (unpaired) electrons. The molecular weight excluding hydrogens is 326 g/mol. The maximum absolute atomic E-state index is 12.6. The first-order valence-electron chi connectivity index (χ1n) is 7.95. The highest BCUT2D eigenvalue weighted by Gasteiger charge is 2.18. The lowest BCUT2D eigenvalue weighted by molar-refractivity contribution is 0.581. The summed E-state index contributed by atoms with van der Waals surface area (Å²) in [6.07, 6.45) is 3.80. The first-order valence-corrected chi connectivity index (χ1v) is 9.39. The van der Waals surface area contributed by atoms with Crippen LogP contribution in [-0.4, -0.2) is 27.1 Å². The molecule has 2 aromatic heterocycles. The third-order valence-electron chi connectivity index (χ3n) is 3.86. The minimum atomic E-state index is -3.86. The van der Waals surface area contributed by atoms with E-state index in [1.807, 2.05) is 40.3 Å². The third kappa shape index (κ3) is 2.77. The van der Waals surface area contributed by atoms with E-state index in [1.54, 1.807) is 11.6 Å². The molecule has 0 atom stereocenters. The summed E-state index contributed by atoms with van der Waals surface area (Å²) in [6, 6.07) is 7.87. The highest BCUT2D eigenvalue weighted by molar-refractivity contribution is 7.89. The standard InChI is InChI=1S/C16H21N5O2S/c1-4-10-21-14-9-7-6-8-13(14)20(5-2)16(21)18-24(22,23)15-11-19(3)12-17-15/h6-9,11-12H,4-5,10H2,1-3H3/b18-16+. The molecule has 128 valence electrons. The molecule has 0 saturated heterocycles. The van der Waals surface area contributed by atoms with Gasteiger partial charge in [-0.3, -0.25) is 0 Å². The van der Waals surface area contributed by atoms with Gasteiger partial charge in [-0.2, -0.15) is 8.42 Å². The Morgan fingerprint density at radius 2 is 1.79 bits per heavy atom. The van der Waals surface area contributed by atoms with Crippen molar-refractivity contribution in [2.75, 3.05) is 0 Å². The van der Waals surface area contributed by atoms with Crippen molar-refractivity contribution in [2.24, 2.45) is 11.4 Å². The van der Waals surface area contributed by atoms with Crippen molar-refractivity contribution < 1.29 is 8.42 Å². The fourth-order valence-corrected chi connectivity index (χ4v) is 3.80. The molecule has 0 aliphatic carbocycles. The Morgan fingerprint density at radius 1 is 1.12 bits per heavy atom. The van der Waals surface area contributed by atoms with Gasteiger partial charge in [-0.15, -0.1) is 4.40 Å². The summed E-state index contributed by atoms with van der Waals surface area (Å²) in [5.74, 6) is 0. The van der Waals surface area contributed by atoms with Gasteiger partial charge >= 0.3 is 10.0 Å². The summed E-state index contributed by atoms with van der Waals surface area (Å²) in [5.41, 5.74) is 2.39. The van der Waals surface area contributed by atoms with E-state index in [2.05, 4.69) is 16.3 Å². The summed E-state index contributed by atoms with van der Waals surface area (Å²) < 4.78 is 34.9. The molecule has 7 nitrogen and oxygen atoms in total. The molecule has 3 aromatic rings. The van der Waals surface area contributed by atoms with Crippen molar-refractivity contribution >= 4 is 21.1 Å². The van der Waals surface area contributed by atoms with Crippen LogP contribution in [0.3, 0.4) is 0 Å². The third-order valence-corrected chi connectivity index (χ3v) is 5.00. The van der Waals surface area contributed by atoms with Gasteiger partial charge in [-0.05, 0) is 25.5 Å². The van der Waals surface area contributed by atoms with Gasteiger partial charge in [-0.25, -0.2) is 4.98 Å². The zero-order valence-corrected chi connectivity index (χ0v) is 14.9. The predicted octanol–water partition coefficient (Wildman–Crippen LogP) is 1.90. The summed E-state index contributed by atoms with van der Waals surface area (Å²) in [5, 5.41) is -0.0408. The topological polar surface area (TPSA) is 74.2 Å². The number of hydrogen-bond acceptors (Lipinski definition) is 3. The molecule has 1 aromatic carbocycles. The fraction of sp³-hybridized carbons (Fsp3) is 0.375. The smallest absolute Gasteiger partial charge is 0.304 e. The van der Waals surface area contributed by atoms with Gasteiger partial charge in [0.05, 0.1) is 17.4 Å². The number of nitrogens with zero attached hydrogens (tertiary/aromatic N) is 5. The molecule has 0 aliphatic rings. The predicted molar refractivity (Wildman–Crippen MR) is 91.8 cm³/mol. The van der Waals surface area contributed by atoms with Crippen LogP contribution in [0.15, 0.2) is 46.2 Å². The van der Waals surface area contributed by atoms with Crippen LogP contribution in [0.2, 0.25) is 0 Å². The van der Waals surface area contributed by atoms with Crippen LogP contribution in [0.4, 0.5) is 0 Å². The molecule has 0 saturated carbocycles. The van der Waals surface area contributed by atoms with E-state index in [4.69, 9.17) is 0 Å². The Labute approximate surface area is 141 Å². The van der Waals surface area contributed by atoms with Gasteiger partial charge in [0.25, 0.3) is 0 Å². The van der Waals surface area contributed by atoms with Crippen LogP contribution in [-0.2, 0) is 30.2 Å². The van der Waals surface area contributed by atoms with Gasteiger partial charge in [-0.1, -0.05) is 19.1 Å². The molecule has 0 aliphatic heterocycles. The van der Waals surface area contributed by atoms with Crippen molar-refractivity contribution in [2.45, 2.75) is 38.4 Å². The van der Waals surface area contributed by atoms with Gasteiger partial charge in [0.15, 0.2) is 5.03 Å². The number of rotatable bonds is 5. The number of aromatic nitrogens is 4. The normalized spacial score (nSPS) is 13.0. The maximum Gasteiger partial charge on any atom is 0.304 e. The van der Waals surface area contributed by atoms with E-state index in [0.29, 0.717) is 18.7 Å². The Bertz CT molecular complexity index is 1040. The minimum absolute atomic E-state index is 0.0408. The Balaban J connectivity index is 2.34. The average molecular weight is 347 g/mol. The van der Waals surface area contributed by atoms with Crippen LogP contribution in [0.25, 0.3) is 11.0 Å². The first kappa shape index (κ1) is 16.5.